The summed E-state index contributed by atoms with van der Waals surface area (Å²) in [7, 11) is -9.73. The molecule has 0 radical (unpaired) electrons. The first-order valence-electron chi connectivity index (χ1n) is 21.8. The molecule has 0 spiro atoms. The minimum atomic E-state index is -5.30. The van der Waals surface area contributed by atoms with Gasteiger partial charge in [0.15, 0.2) is 0 Å². The van der Waals surface area contributed by atoms with Crippen LogP contribution >= 0.6 is 0 Å². The Hall–Kier alpha value is -7.06. The molecule has 368 valence electrons. The van der Waals surface area contributed by atoms with Crippen molar-refractivity contribution >= 4 is 43.1 Å². The van der Waals surface area contributed by atoms with Gasteiger partial charge in [-0.2, -0.15) is 43.2 Å². The second-order valence-corrected chi connectivity index (χ2v) is 19.4. The maximum atomic E-state index is 14.7. The molecule has 0 amide bonds. The molecule has 70 heavy (non-hydrogen) atoms. The van der Waals surface area contributed by atoms with Gasteiger partial charge in [0, 0.05) is 59.3 Å². The molecule has 6 aromatic rings. The maximum absolute atomic E-state index is 14.7. The highest BCUT2D eigenvalue weighted by Crippen LogP contribution is 2.41. The zero-order valence-electron chi connectivity index (χ0n) is 37.5. The summed E-state index contributed by atoms with van der Waals surface area (Å²) in [6.45, 7) is 3.98. The molecule has 12 nitrogen and oxygen atoms in total. The minimum absolute atomic E-state index is 0.0889. The molecule has 0 atom stereocenters. The second-order valence-electron chi connectivity index (χ2n) is 16.2. The number of alkyl halides is 6. The van der Waals surface area contributed by atoms with Crippen molar-refractivity contribution in [2.45, 2.75) is 74.5 Å². The van der Waals surface area contributed by atoms with Crippen LogP contribution < -0.4 is 20.1 Å². The van der Waals surface area contributed by atoms with Crippen LogP contribution in [-0.4, -0.2) is 64.3 Å². The van der Waals surface area contributed by atoms with Crippen molar-refractivity contribution in [3.8, 4) is 23.0 Å². The summed E-state index contributed by atoms with van der Waals surface area (Å²) in [5, 5.41) is 28.4. The molecule has 7 rings (SSSR count). The number of fused-ring (bicyclic) bond motifs is 8. The van der Waals surface area contributed by atoms with Crippen molar-refractivity contribution in [1.82, 2.24) is 0 Å². The molecular weight excluding hydrogens is 963 g/mol. The number of phenols is 2. The van der Waals surface area contributed by atoms with Gasteiger partial charge >= 0.3 is 12.4 Å². The third kappa shape index (κ3) is 12.0. The van der Waals surface area contributed by atoms with Gasteiger partial charge in [-0.25, -0.2) is 0 Å². The van der Waals surface area contributed by atoms with Crippen LogP contribution in [0.2, 0.25) is 0 Å². The van der Waals surface area contributed by atoms with E-state index in [1.807, 2.05) is 13.8 Å². The number of nitrogens with zero attached hydrogens (tertiary/aromatic N) is 2. The molecule has 1 aliphatic carbocycles. The highest BCUT2D eigenvalue weighted by molar-refractivity contribution is 7.90. The predicted molar refractivity (Wildman–Crippen MR) is 253 cm³/mol. The fourth-order valence-corrected chi connectivity index (χ4v) is 9.72. The standard InChI is InChI=1S/C50H46F6N4O8S2/c1-3-21-67-45-31-13-11-14-32(45)24-36-28-40(58-48(50(54,55)56)60-70(65,66)42-19-9-6-10-20-42)30-38(44(36)62)26-34-16-12-15-33(46(34)68-22-4-2)25-37-29-39(27-35(23-31)43(37)61)57-47(49(51,52)53)59-69(63,64)41-17-7-5-8-18-41/h5-20,27-30,61-62H,3-4,21-26H2,1-2H3,(H,57,59)(H,58,60). The lowest BCUT2D eigenvalue weighted by Crippen LogP contribution is -2.31. The number of hydrogen-bond donors (Lipinski definition) is 4. The highest BCUT2D eigenvalue weighted by Gasteiger charge is 2.40. The Kier molecular flexibility index (Phi) is 15.2. The van der Waals surface area contributed by atoms with Crippen molar-refractivity contribution in [2.24, 2.45) is 8.80 Å². The van der Waals surface area contributed by atoms with Crippen LogP contribution in [0.25, 0.3) is 0 Å². The third-order valence-corrected chi connectivity index (χ3v) is 13.5. The Bertz CT molecular complexity index is 2860. The van der Waals surface area contributed by atoms with E-state index in [2.05, 4.69) is 19.4 Å². The van der Waals surface area contributed by atoms with E-state index in [0.29, 0.717) is 35.1 Å². The molecule has 0 fully saturated rings. The molecule has 20 heteroatoms. The van der Waals surface area contributed by atoms with E-state index < -0.39 is 53.9 Å². The fourth-order valence-electron chi connectivity index (χ4n) is 7.73. The first-order valence-corrected chi connectivity index (χ1v) is 24.7. The van der Waals surface area contributed by atoms with Gasteiger partial charge in [-0.1, -0.05) is 86.6 Å². The number of hydrogen-bond acceptors (Lipinski definition) is 8. The average molecular weight is 1010 g/mol. The van der Waals surface area contributed by atoms with Gasteiger partial charge in [-0.3, -0.25) is 0 Å². The first-order chi connectivity index (χ1) is 33.2. The van der Waals surface area contributed by atoms with Crippen LogP contribution in [0.3, 0.4) is 0 Å². The van der Waals surface area contributed by atoms with Gasteiger partial charge in [0.1, 0.15) is 23.0 Å². The van der Waals surface area contributed by atoms with E-state index >= 15 is 0 Å². The minimum Gasteiger partial charge on any atom is -0.507 e. The van der Waals surface area contributed by atoms with E-state index in [0.717, 1.165) is 24.3 Å². The van der Waals surface area contributed by atoms with E-state index in [1.165, 1.54) is 60.7 Å². The summed E-state index contributed by atoms with van der Waals surface area (Å²) in [5.74, 6) is -3.79. The molecule has 6 aromatic carbocycles. The van der Waals surface area contributed by atoms with E-state index in [9.17, 15) is 53.4 Å². The van der Waals surface area contributed by atoms with Gasteiger partial charge < -0.3 is 30.3 Å². The number of anilines is 2. The summed E-state index contributed by atoms with van der Waals surface area (Å²) in [5.41, 5.74) is 1.47. The fraction of sp³-hybridized carbons (Fsp3) is 0.240. The number of sulfonamides is 2. The lowest BCUT2D eigenvalue weighted by molar-refractivity contribution is -0.0593. The van der Waals surface area contributed by atoms with Gasteiger partial charge in [0.25, 0.3) is 20.0 Å². The number of ether oxygens (including phenoxy) is 2. The first kappa shape index (κ1) is 50.8. The lowest BCUT2D eigenvalue weighted by Gasteiger charge is -2.22. The normalized spacial score (nSPS) is 13.7. The summed E-state index contributed by atoms with van der Waals surface area (Å²) in [6, 6.07) is 27.5. The smallest absolute Gasteiger partial charge is 0.450 e. The summed E-state index contributed by atoms with van der Waals surface area (Å²) in [4.78, 5) is -0.946. The second kappa shape index (κ2) is 20.9. The van der Waals surface area contributed by atoms with Crippen LogP contribution in [0.4, 0.5) is 37.7 Å². The van der Waals surface area contributed by atoms with Crippen LogP contribution in [0.1, 0.15) is 71.2 Å². The summed E-state index contributed by atoms with van der Waals surface area (Å²) >= 11 is 0. The van der Waals surface area contributed by atoms with Crippen molar-refractivity contribution in [1.29, 1.82) is 0 Å². The van der Waals surface area contributed by atoms with Gasteiger partial charge in [0.05, 0.1) is 23.0 Å². The van der Waals surface area contributed by atoms with E-state index in [-0.39, 0.29) is 95.5 Å². The maximum Gasteiger partial charge on any atom is 0.450 e. The molecule has 0 aliphatic heterocycles. The largest absolute Gasteiger partial charge is 0.507 e. The predicted octanol–water partition coefficient (Wildman–Crippen LogP) is 10.9. The molecule has 8 bridgehead atoms. The lowest BCUT2D eigenvalue weighted by atomic mass is 9.90. The topological polar surface area (TPSA) is 176 Å². The Balaban J connectivity index is 1.42. The number of amidine groups is 2. The van der Waals surface area contributed by atoms with Gasteiger partial charge in [-0.05, 0) is 83.6 Å². The number of nitrogens with one attached hydrogen (secondary N) is 2. The molecule has 0 saturated carbocycles. The quantitative estimate of drug-likeness (QED) is 0.0399. The number of aromatic hydroxyl groups is 2. The molecule has 0 saturated heterocycles. The van der Waals surface area contributed by atoms with E-state index in [4.69, 9.17) is 9.47 Å². The number of rotatable bonds is 12. The monoisotopic (exact) mass is 1010 g/mol. The number of halogens is 6. The summed E-state index contributed by atoms with van der Waals surface area (Å²) < 4.78 is 160. The molecular formula is C50H46F6N4O8S2. The SMILES string of the molecule is CCCOc1c2cccc1Cc1cc(N/C(=N/S(=O)(=O)c3ccccc3)C(F)(F)F)cc(c1O)Cc1cccc(c1OCCC)Cc1cc(N/C(=N/S(=O)(=O)c3ccccc3)C(F)(F)F)cc(c1O)C2. The van der Waals surface area contributed by atoms with Crippen LogP contribution in [0, 0.1) is 0 Å². The van der Waals surface area contributed by atoms with Gasteiger partial charge in [-0.15, -0.1) is 8.80 Å². The zero-order valence-corrected chi connectivity index (χ0v) is 39.2. The Morgan fingerprint density at radius 3 is 1.07 bits per heavy atom. The van der Waals surface area contributed by atoms with Crippen LogP contribution in [0.5, 0.6) is 23.0 Å². The highest BCUT2D eigenvalue weighted by atomic mass is 32.2. The number of benzene rings is 6. The Labute approximate surface area is 400 Å². The van der Waals surface area contributed by atoms with Crippen LogP contribution in [0.15, 0.2) is 140 Å². The third-order valence-electron chi connectivity index (χ3n) is 10.9. The molecule has 0 unspecified atom stereocenters. The molecule has 4 N–H and O–H groups in total. The molecule has 0 aromatic heterocycles. The number of phenolic OH excluding ortho intramolecular Hbond substituents is 2. The average Bonchev–Trinajstić information content (AvgIpc) is 3.30. The van der Waals surface area contributed by atoms with Crippen molar-refractivity contribution in [3.05, 3.63) is 166 Å². The number of para-hydroxylation sites is 2. The van der Waals surface area contributed by atoms with Crippen molar-refractivity contribution < 1.29 is 62.9 Å². The summed E-state index contributed by atoms with van der Waals surface area (Å²) in [6.07, 6.45) is -10.3. The Morgan fingerprint density at radius 2 is 0.800 bits per heavy atom. The van der Waals surface area contributed by atoms with Crippen molar-refractivity contribution in [2.75, 3.05) is 23.8 Å². The molecule has 0 heterocycles. The van der Waals surface area contributed by atoms with E-state index in [1.54, 1.807) is 36.4 Å². The zero-order chi connectivity index (χ0) is 50.4. The Morgan fingerprint density at radius 1 is 0.500 bits per heavy atom. The van der Waals surface area contributed by atoms with Gasteiger partial charge in [0.2, 0.25) is 11.7 Å². The molecule has 1 aliphatic rings. The van der Waals surface area contributed by atoms with Crippen LogP contribution in [-0.2, 0) is 45.7 Å². The van der Waals surface area contributed by atoms with Crippen molar-refractivity contribution in [3.63, 3.8) is 0 Å².